The number of carbonyl (C=O) groups excluding carboxylic acids is 3. The predicted molar refractivity (Wildman–Crippen MR) is 142 cm³/mol. The molecule has 0 spiro atoms. The highest BCUT2D eigenvalue weighted by Gasteiger charge is 2.55. The quantitative estimate of drug-likeness (QED) is 0.204. The lowest BCUT2D eigenvalue weighted by molar-refractivity contribution is -0.360. The van der Waals surface area contributed by atoms with Crippen LogP contribution in [-0.2, 0) is 63.6 Å². The maximum absolute atomic E-state index is 12.2. The molecule has 0 N–H and O–H groups in total. The van der Waals surface area contributed by atoms with Crippen LogP contribution in [-0.4, -0.2) is 93.0 Å². The van der Waals surface area contributed by atoms with E-state index in [0.29, 0.717) is 0 Å². The van der Waals surface area contributed by atoms with Gasteiger partial charge in [0.15, 0.2) is 30.9 Å². The molecule has 3 rings (SSSR count). The lowest BCUT2D eigenvalue weighted by Crippen LogP contribution is -2.65. The number of hydrogen-bond acceptors (Lipinski definition) is 12. The molecular formula is C29H40O12. The summed E-state index contributed by atoms with van der Waals surface area (Å²) in [7, 11) is 1.48. The number of esters is 3. The second-order valence-corrected chi connectivity index (χ2v) is 9.83. The van der Waals surface area contributed by atoms with Crippen LogP contribution in [0.1, 0.15) is 40.2 Å². The summed E-state index contributed by atoms with van der Waals surface area (Å²) in [5.41, 5.74) is 0.926. The molecule has 0 aromatic heterocycles. The van der Waals surface area contributed by atoms with Crippen LogP contribution in [0.5, 0.6) is 0 Å². The molecule has 2 saturated heterocycles. The minimum atomic E-state index is -1.30. The lowest BCUT2D eigenvalue weighted by atomic mass is 9.96. The molecule has 2 aliphatic heterocycles. The number of benzene rings is 1. The zero-order valence-corrected chi connectivity index (χ0v) is 24.3. The molecule has 0 saturated carbocycles. The second kappa shape index (κ2) is 15.4. The monoisotopic (exact) mass is 580 g/mol. The van der Waals surface area contributed by atoms with Gasteiger partial charge in [0.1, 0.15) is 18.3 Å². The Balaban J connectivity index is 1.99. The highest BCUT2D eigenvalue weighted by molar-refractivity contribution is 5.68. The zero-order valence-electron chi connectivity index (χ0n) is 24.3. The van der Waals surface area contributed by atoms with Gasteiger partial charge in [0.2, 0.25) is 0 Å². The summed E-state index contributed by atoms with van der Waals surface area (Å²) in [6.45, 7) is 11.2. The molecule has 41 heavy (non-hydrogen) atoms. The van der Waals surface area contributed by atoms with Gasteiger partial charge in [0.05, 0.1) is 25.4 Å². The van der Waals surface area contributed by atoms with Gasteiger partial charge in [-0.1, -0.05) is 36.4 Å². The molecule has 0 aliphatic carbocycles. The third kappa shape index (κ3) is 8.81. The fraction of sp³-hybridized carbons (Fsp3) is 0.621. The number of hydrogen-bond donors (Lipinski definition) is 0. The smallest absolute Gasteiger partial charge is 0.303 e. The Bertz CT molecular complexity index is 1020. The van der Waals surface area contributed by atoms with Gasteiger partial charge in [-0.3, -0.25) is 14.4 Å². The molecule has 0 radical (unpaired) electrons. The van der Waals surface area contributed by atoms with Crippen molar-refractivity contribution in [2.75, 3.05) is 13.7 Å². The first-order valence-corrected chi connectivity index (χ1v) is 13.4. The van der Waals surface area contributed by atoms with Crippen LogP contribution in [0, 0.1) is 0 Å². The normalized spacial score (nSPS) is 33.4. The summed E-state index contributed by atoms with van der Waals surface area (Å²) >= 11 is 0. The largest absolute Gasteiger partial charge is 0.456 e. The van der Waals surface area contributed by atoms with E-state index >= 15 is 0 Å². The van der Waals surface area contributed by atoms with E-state index in [-0.39, 0.29) is 13.2 Å². The summed E-state index contributed by atoms with van der Waals surface area (Å²) in [5, 5.41) is 0. The maximum atomic E-state index is 12.2. The van der Waals surface area contributed by atoms with Crippen molar-refractivity contribution >= 4 is 17.9 Å². The van der Waals surface area contributed by atoms with Crippen molar-refractivity contribution in [3.05, 3.63) is 48.6 Å². The number of rotatable bonds is 12. The Morgan fingerprint density at radius 3 is 1.90 bits per heavy atom. The molecule has 0 bridgehead atoms. The van der Waals surface area contributed by atoms with Crippen molar-refractivity contribution in [3.63, 3.8) is 0 Å². The Morgan fingerprint density at radius 2 is 1.32 bits per heavy atom. The van der Waals surface area contributed by atoms with E-state index in [1.165, 1.54) is 27.9 Å². The summed E-state index contributed by atoms with van der Waals surface area (Å²) in [6.07, 6.45) is -7.90. The maximum Gasteiger partial charge on any atom is 0.303 e. The Kier molecular flexibility index (Phi) is 12.2. The SMILES string of the molecule is C=CCO[C@H]1[C@H](OC)O[C@@H](C)[C@H](OCc2ccccc2)[C@H]1O[C@@H]1O[C@@H](C)[C@H](OC(C)=O)[C@@H](OC(C)=O)[C@H]1OC(C)=O. The molecule has 1 aromatic carbocycles. The molecule has 12 nitrogen and oxygen atoms in total. The number of carbonyl (C=O) groups is 3. The highest BCUT2D eigenvalue weighted by atomic mass is 16.8. The van der Waals surface area contributed by atoms with Crippen molar-refractivity contribution < 1.29 is 57.0 Å². The van der Waals surface area contributed by atoms with Gasteiger partial charge in [-0.25, -0.2) is 0 Å². The summed E-state index contributed by atoms with van der Waals surface area (Å²) in [4.78, 5) is 36.1. The third-order valence-corrected chi connectivity index (χ3v) is 6.58. The van der Waals surface area contributed by atoms with Gasteiger partial charge in [0, 0.05) is 27.9 Å². The molecule has 10 atom stereocenters. The molecule has 228 valence electrons. The second-order valence-electron chi connectivity index (χ2n) is 9.83. The van der Waals surface area contributed by atoms with Crippen molar-refractivity contribution in [2.24, 2.45) is 0 Å². The fourth-order valence-corrected chi connectivity index (χ4v) is 4.90. The first-order valence-electron chi connectivity index (χ1n) is 13.4. The number of methoxy groups -OCH3 is 1. The molecule has 2 fully saturated rings. The van der Waals surface area contributed by atoms with Crippen molar-refractivity contribution in [1.29, 1.82) is 0 Å². The fourth-order valence-electron chi connectivity index (χ4n) is 4.90. The first-order chi connectivity index (χ1) is 19.5. The topological polar surface area (TPSA) is 134 Å². The van der Waals surface area contributed by atoms with Gasteiger partial charge < -0.3 is 42.6 Å². The van der Waals surface area contributed by atoms with Crippen LogP contribution in [0.4, 0.5) is 0 Å². The number of ether oxygens (including phenoxy) is 9. The average molecular weight is 581 g/mol. The van der Waals surface area contributed by atoms with Crippen LogP contribution < -0.4 is 0 Å². The van der Waals surface area contributed by atoms with E-state index in [1.54, 1.807) is 13.0 Å². The zero-order chi connectivity index (χ0) is 30.1. The Morgan fingerprint density at radius 1 is 0.756 bits per heavy atom. The summed E-state index contributed by atoms with van der Waals surface area (Å²) in [6, 6.07) is 9.56. The van der Waals surface area contributed by atoms with Crippen molar-refractivity contribution in [2.45, 2.75) is 103 Å². The molecule has 2 heterocycles. The van der Waals surface area contributed by atoms with Gasteiger partial charge in [0.25, 0.3) is 0 Å². The van der Waals surface area contributed by atoms with E-state index < -0.39 is 79.3 Å². The third-order valence-electron chi connectivity index (χ3n) is 6.58. The van der Waals surface area contributed by atoms with Gasteiger partial charge >= 0.3 is 17.9 Å². The van der Waals surface area contributed by atoms with Gasteiger partial charge in [-0.05, 0) is 19.4 Å². The average Bonchev–Trinajstić information content (AvgIpc) is 2.91. The van der Waals surface area contributed by atoms with Crippen LogP contribution in [0.2, 0.25) is 0 Å². The highest BCUT2D eigenvalue weighted by Crippen LogP contribution is 2.35. The predicted octanol–water partition coefficient (Wildman–Crippen LogP) is 2.46. The Labute approximate surface area is 240 Å². The van der Waals surface area contributed by atoms with Crippen LogP contribution >= 0.6 is 0 Å². The van der Waals surface area contributed by atoms with Crippen LogP contribution in [0.15, 0.2) is 43.0 Å². The molecule has 0 amide bonds. The minimum absolute atomic E-state index is 0.146. The minimum Gasteiger partial charge on any atom is -0.456 e. The van der Waals surface area contributed by atoms with E-state index in [2.05, 4.69) is 6.58 Å². The van der Waals surface area contributed by atoms with E-state index in [4.69, 9.17) is 42.6 Å². The van der Waals surface area contributed by atoms with Gasteiger partial charge in [-0.2, -0.15) is 0 Å². The van der Waals surface area contributed by atoms with Crippen molar-refractivity contribution in [1.82, 2.24) is 0 Å². The van der Waals surface area contributed by atoms with E-state index in [9.17, 15) is 14.4 Å². The standard InChI is InChI=1S/C29H40O12/c1-8-14-34-26-24(22(16(2)36-28(26)33-7)35-15-21-12-10-9-11-13-21)41-29-27(40-20(6)32)25(39-19(5)31)23(17(3)37-29)38-18(4)30/h8-13,16-17,22-29H,1,14-15H2,2-7H3/t16-,17-,22-,23-,24+,25+,26+,27+,28+,29-/m0/s1. The van der Waals surface area contributed by atoms with Gasteiger partial charge in [-0.15, -0.1) is 6.58 Å². The van der Waals surface area contributed by atoms with E-state index in [1.807, 2.05) is 37.3 Å². The summed E-state index contributed by atoms with van der Waals surface area (Å²) < 4.78 is 53.1. The Hall–Kier alpha value is -2.87. The molecule has 12 heteroatoms. The first kappa shape index (κ1) is 32.6. The summed E-state index contributed by atoms with van der Waals surface area (Å²) in [5.74, 6) is -1.99. The molecule has 2 aliphatic rings. The van der Waals surface area contributed by atoms with E-state index in [0.717, 1.165) is 5.56 Å². The molecule has 0 unspecified atom stereocenters. The lowest BCUT2D eigenvalue weighted by Gasteiger charge is -2.48. The van der Waals surface area contributed by atoms with Crippen LogP contribution in [0.3, 0.4) is 0 Å². The van der Waals surface area contributed by atoms with Crippen LogP contribution in [0.25, 0.3) is 0 Å². The molecular weight excluding hydrogens is 540 g/mol. The van der Waals surface area contributed by atoms with Crippen molar-refractivity contribution in [3.8, 4) is 0 Å². The molecule has 1 aromatic rings.